The maximum Gasteiger partial charge on any atom is 0.345 e. The van der Waals surface area contributed by atoms with Crippen molar-refractivity contribution in [3.63, 3.8) is 0 Å². The van der Waals surface area contributed by atoms with E-state index in [1.54, 1.807) is 0 Å². The minimum atomic E-state index is -0.460. The molecule has 2 rings (SSSR count). The van der Waals surface area contributed by atoms with Crippen molar-refractivity contribution in [2.24, 2.45) is 5.92 Å². The highest BCUT2D eigenvalue weighted by Crippen LogP contribution is 2.23. The van der Waals surface area contributed by atoms with Crippen LogP contribution in [0.4, 0.5) is 17.6 Å². The third-order valence-electron chi connectivity index (χ3n) is 4.78. The summed E-state index contributed by atoms with van der Waals surface area (Å²) in [6.07, 6.45) is 3.62. The van der Waals surface area contributed by atoms with Gasteiger partial charge in [-0.25, -0.2) is 4.79 Å². The number of aromatic amines is 1. The third-order valence-corrected chi connectivity index (χ3v) is 4.78. The molecule has 1 unspecified atom stereocenters. The number of nitrogen functional groups attached to an aromatic ring is 3. The molecule has 0 aromatic carbocycles. The minimum Gasteiger partial charge on any atom is -0.396 e. The van der Waals surface area contributed by atoms with Gasteiger partial charge in [0, 0.05) is 37.3 Å². The average Bonchev–Trinajstić information content (AvgIpc) is 2.60. The highest BCUT2D eigenvalue weighted by Gasteiger charge is 2.15. The molecular weight excluding hydrogens is 362 g/mol. The SMILES string of the molecule is CC(CCc1c(N)nc(N)nc1N)CCc1c(CCO)nc(=O)[nH]c1CCO. The molecular formula is C18H29N7O3. The largest absolute Gasteiger partial charge is 0.396 e. The summed E-state index contributed by atoms with van der Waals surface area (Å²) in [5, 5.41) is 18.5. The fourth-order valence-electron chi connectivity index (χ4n) is 3.25. The number of hydrogen-bond donors (Lipinski definition) is 6. The van der Waals surface area contributed by atoms with Gasteiger partial charge >= 0.3 is 5.69 Å². The number of hydrogen-bond acceptors (Lipinski definition) is 9. The fourth-order valence-corrected chi connectivity index (χ4v) is 3.25. The number of nitrogens with zero attached hydrogens (tertiary/aromatic N) is 3. The molecule has 2 heterocycles. The van der Waals surface area contributed by atoms with Gasteiger partial charge in [-0.2, -0.15) is 15.0 Å². The molecule has 0 amide bonds. The average molecular weight is 391 g/mol. The molecule has 0 bridgehead atoms. The van der Waals surface area contributed by atoms with E-state index in [1.165, 1.54) is 0 Å². The Hall–Kier alpha value is -2.72. The Labute approximate surface area is 163 Å². The van der Waals surface area contributed by atoms with Crippen LogP contribution in [0.5, 0.6) is 0 Å². The summed E-state index contributed by atoms with van der Waals surface area (Å²) in [7, 11) is 0. The lowest BCUT2D eigenvalue weighted by atomic mass is 9.93. The van der Waals surface area contributed by atoms with Crippen molar-refractivity contribution in [2.45, 2.75) is 45.4 Å². The lowest BCUT2D eigenvalue weighted by Crippen LogP contribution is -2.21. The molecule has 154 valence electrons. The van der Waals surface area contributed by atoms with Crippen LogP contribution in [0.25, 0.3) is 0 Å². The van der Waals surface area contributed by atoms with Gasteiger partial charge in [-0.3, -0.25) is 0 Å². The number of aromatic nitrogens is 4. The molecule has 0 aliphatic carbocycles. The first-order valence-corrected chi connectivity index (χ1v) is 9.35. The second-order valence-corrected chi connectivity index (χ2v) is 6.91. The van der Waals surface area contributed by atoms with Crippen molar-refractivity contribution in [3.05, 3.63) is 33.0 Å². The van der Waals surface area contributed by atoms with Crippen LogP contribution in [0.15, 0.2) is 4.79 Å². The van der Waals surface area contributed by atoms with Crippen LogP contribution in [0.3, 0.4) is 0 Å². The zero-order valence-corrected chi connectivity index (χ0v) is 16.1. The summed E-state index contributed by atoms with van der Waals surface area (Å²) < 4.78 is 0. The molecule has 0 fully saturated rings. The van der Waals surface area contributed by atoms with E-state index >= 15 is 0 Å². The lowest BCUT2D eigenvalue weighted by molar-refractivity contribution is 0.294. The normalized spacial score (nSPS) is 12.2. The Bertz CT molecular complexity index is 800. The zero-order valence-electron chi connectivity index (χ0n) is 16.1. The Kier molecular flexibility index (Phi) is 7.70. The van der Waals surface area contributed by atoms with E-state index < -0.39 is 5.69 Å². The lowest BCUT2D eigenvalue weighted by Gasteiger charge is -2.16. The van der Waals surface area contributed by atoms with Gasteiger partial charge in [-0.15, -0.1) is 0 Å². The standard InChI is InChI=1S/C18H29N7O3/c1-10(3-5-12-15(19)24-17(21)25-16(12)20)2-4-11-13(6-8-26)22-18(28)23-14(11)7-9-27/h10,26-27H,2-9H2,1H3,(H,22,23,28)(H6,19,20,21,24,25). The van der Waals surface area contributed by atoms with Gasteiger partial charge in [-0.1, -0.05) is 6.92 Å². The van der Waals surface area contributed by atoms with Gasteiger partial charge in [0.25, 0.3) is 0 Å². The molecule has 0 aliphatic heterocycles. The first-order valence-electron chi connectivity index (χ1n) is 9.35. The molecule has 0 radical (unpaired) electrons. The predicted molar refractivity (Wildman–Crippen MR) is 108 cm³/mol. The van der Waals surface area contributed by atoms with Crippen LogP contribution in [-0.4, -0.2) is 43.4 Å². The summed E-state index contributed by atoms with van der Waals surface area (Å²) >= 11 is 0. The van der Waals surface area contributed by atoms with Crippen molar-refractivity contribution in [3.8, 4) is 0 Å². The van der Waals surface area contributed by atoms with E-state index in [1.807, 2.05) is 0 Å². The number of aliphatic hydroxyl groups excluding tert-OH is 2. The smallest absolute Gasteiger partial charge is 0.345 e. The second-order valence-electron chi connectivity index (χ2n) is 6.91. The van der Waals surface area contributed by atoms with Crippen LogP contribution in [0.2, 0.25) is 0 Å². The van der Waals surface area contributed by atoms with Gasteiger partial charge in [0.1, 0.15) is 11.6 Å². The van der Waals surface area contributed by atoms with E-state index in [2.05, 4.69) is 26.9 Å². The molecule has 2 aromatic heterocycles. The number of H-pyrrole nitrogens is 1. The molecule has 10 nitrogen and oxygen atoms in total. The van der Waals surface area contributed by atoms with Gasteiger partial charge < -0.3 is 32.4 Å². The number of nitrogens with two attached hydrogens (primary N) is 3. The molecule has 0 aliphatic rings. The summed E-state index contributed by atoms with van der Waals surface area (Å²) in [4.78, 5) is 26.3. The van der Waals surface area contributed by atoms with Crippen LogP contribution >= 0.6 is 0 Å². The van der Waals surface area contributed by atoms with E-state index in [9.17, 15) is 15.0 Å². The van der Waals surface area contributed by atoms with Crippen LogP contribution in [0.1, 0.15) is 42.3 Å². The van der Waals surface area contributed by atoms with Crippen LogP contribution in [-0.2, 0) is 25.7 Å². The molecule has 10 heteroatoms. The fraction of sp³-hybridized carbons (Fsp3) is 0.556. The van der Waals surface area contributed by atoms with Crippen molar-refractivity contribution in [2.75, 3.05) is 30.4 Å². The molecule has 2 aromatic rings. The second kappa shape index (κ2) is 10.00. The molecule has 0 saturated heterocycles. The van der Waals surface area contributed by atoms with Crippen molar-refractivity contribution in [1.29, 1.82) is 0 Å². The number of anilines is 3. The van der Waals surface area contributed by atoms with E-state index in [0.29, 0.717) is 60.2 Å². The summed E-state index contributed by atoms with van der Waals surface area (Å²) in [5.74, 6) is 0.993. The van der Waals surface area contributed by atoms with Crippen LogP contribution < -0.4 is 22.9 Å². The van der Waals surface area contributed by atoms with Crippen molar-refractivity contribution in [1.82, 2.24) is 19.9 Å². The Morgan fingerprint density at radius 3 is 2.04 bits per heavy atom. The van der Waals surface area contributed by atoms with Gasteiger partial charge in [0.15, 0.2) is 0 Å². The summed E-state index contributed by atoms with van der Waals surface area (Å²) in [6, 6.07) is 0. The Balaban J connectivity index is 2.06. The zero-order chi connectivity index (χ0) is 20.7. The van der Waals surface area contributed by atoms with Crippen LogP contribution in [0, 0.1) is 5.92 Å². The van der Waals surface area contributed by atoms with Gasteiger partial charge in [0.2, 0.25) is 5.95 Å². The van der Waals surface area contributed by atoms with Gasteiger partial charge in [-0.05, 0) is 37.2 Å². The highest BCUT2D eigenvalue weighted by molar-refractivity contribution is 5.55. The number of aliphatic hydroxyl groups is 2. The van der Waals surface area contributed by atoms with Crippen molar-refractivity contribution < 1.29 is 10.2 Å². The topological polar surface area (TPSA) is 190 Å². The number of rotatable bonds is 10. The first-order chi connectivity index (χ1) is 13.3. The highest BCUT2D eigenvalue weighted by atomic mass is 16.3. The summed E-state index contributed by atoms with van der Waals surface area (Å²) in [6.45, 7) is 1.95. The molecule has 9 N–H and O–H groups in total. The molecule has 1 atom stereocenters. The Morgan fingerprint density at radius 1 is 0.893 bits per heavy atom. The quantitative estimate of drug-likeness (QED) is 0.312. The monoisotopic (exact) mass is 391 g/mol. The maximum atomic E-state index is 11.7. The predicted octanol–water partition coefficient (Wildman–Crippen LogP) is -0.422. The maximum absolute atomic E-state index is 11.7. The first kappa shape index (κ1) is 21.6. The molecule has 28 heavy (non-hydrogen) atoms. The van der Waals surface area contributed by atoms with E-state index in [0.717, 1.165) is 18.4 Å². The van der Waals surface area contributed by atoms with E-state index in [4.69, 9.17) is 17.2 Å². The summed E-state index contributed by atoms with van der Waals surface area (Å²) in [5.41, 5.74) is 19.7. The van der Waals surface area contributed by atoms with Crippen molar-refractivity contribution >= 4 is 17.6 Å². The minimum absolute atomic E-state index is 0.0604. The Morgan fingerprint density at radius 2 is 1.46 bits per heavy atom. The van der Waals surface area contributed by atoms with Gasteiger partial charge in [0.05, 0.1) is 5.69 Å². The van der Waals surface area contributed by atoms with E-state index in [-0.39, 0.29) is 19.2 Å². The molecule has 0 spiro atoms. The third kappa shape index (κ3) is 5.64. The molecule has 0 saturated carbocycles. The number of nitrogens with one attached hydrogen (secondary N) is 1.